The van der Waals surface area contributed by atoms with Crippen molar-refractivity contribution in [3.63, 3.8) is 0 Å². The highest BCUT2D eigenvalue weighted by molar-refractivity contribution is 7.89. The Labute approximate surface area is 177 Å². The van der Waals surface area contributed by atoms with Crippen molar-refractivity contribution in [1.82, 2.24) is 4.72 Å². The van der Waals surface area contributed by atoms with E-state index in [0.29, 0.717) is 21.6 Å². The van der Waals surface area contributed by atoms with E-state index in [2.05, 4.69) is 0 Å². The molecule has 0 aliphatic heterocycles. The first-order valence-corrected chi connectivity index (χ1v) is 10.5. The summed E-state index contributed by atoms with van der Waals surface area (Å²) >= 11 is 0. The Morgan fingerprint density at radius 3 is 2.16 bits per heavy atom. The van der Waals surface area contributed by atoms with Gasteiger partial charge in [-0.05, 0) is 47.0 Å². The van der Waals surface area contributed by atoms with Crippen molar-refractivity contribution in [1.29, 1.82) is 0 Å². The van der Waals surface area contributed by atoms with E-state index >= 15 is 0 Å². The molecule has 0 bridgehead atoms. The Morgan fingerprint density at radius 1 is 0.935 bits per heavy atom. The Balaban J connectivity index is 2.11. The number of carbonyl (C=O) groups is 1. The third kappa shape index (κ3) is 5.50. The third-order valence-electron chi connectivity index (χ3n) is 4.51. The molecule has 0 aliphatic carbocycles. The fraction of sp³-hybridized carbons (Fsp3) is 0.136. The molecule has 9 heteroatoms. The first-order chi connectivity index (χ1) is 14.6. The van der Waals surface area contributed by atoms with Gasteiger partial charge in [-0.25, -0.2) is 8.42 Å². The minimum atomic E-state index is -5.15. The number of ether oxygens (including phenoxy) is 1. The Hall–Kier alpha value is -3.17. The maximum Gasteiger partial charge on any atom is 0.470 e. The van der Waals surface area contributed by atoms with E-state index in [1.165, 1.54) is 25.3 Å². The molecule has 0 saturated heterocycles. The summed E-state index contributed by atoms with van der Waals surface area (Å²) in [5, 5.41) is 0. The smallest absolute Gasteiger partial charge is 0.470 e. The number of sulfonamides is 1. The largest absolute Gasteiger partial charge is 0.497 e. The summed E-state index contributed by atoms with van der Waals surface area (Å²) in [7, 11) is -3.49. The molecule has 0 atom stereocenters. The van der Waals surface area contributed by atoms with Crippen molar-refractivity contribution < 1.29 is 31.1 Å². The van der Waals surface area contributed by atoms with Crippen molar-refractivity contribution in [2.24, 2.45) is 0 Å². The zero-order valence-electron chi connectivity index (χ0n) is 16.3. The van der Waals surface area contributed by atoms with Gasteiger partial charge in [0.25, 0.3) is 0 Å². The van der Waals surface area contributed by atoms with Crippen LogP contribution in [0.3, 0.4) is 0 Å². The van der Waals surface area contributed by atoms with E-state index < -0.39 is 33.4 Å². The minimum absolute atomic E-state index is 0.0220. The van der Waals surface area contributed by atoms with Crippen LogP contribution in [-0.4, -0.2) is 27.6 Å². The van der Waals surface area contributed by atoms with Gasteiger partial charge in [0.1, 0.15) is 5.75 Å². The van der Waals surface area contributed by atoms with Crippen LogP contribution in [0.15, 0.2) is 77.7 Å². The molecule has 162 valence electrons. The van der Waals surface area contributed by atoms with Crippen LogP contribution in [0.2, 0.25) is 0 Å². The summed E-state index contributed by atoms with van der Waals surface area (Å²) in [6.45, 7) is 0. The number of carbonyl (C=O) groups excluding carboxylic acids is 1. The average Bonchev–Trinajstić information content (AvgIpc) is 2.72. The number of hydrogen-bond acceptors (Lipinski definition) is 4. The van der Waals surface area contributed by atoms with E-state index in [4.69, 9.17) is 4.74 Å². The second kappa shape index (κ2) is 8.91. The van der Waals surface area contributed by atoms with Crippen LogP contribution in [-0.2, 0) is 16.4 Å². The standard InChI is InChI=1S/C22H18F3NO4S/c1-30-17-12-10-16(11-13-17)20(27)14-19-18(15-6-3-2-4-7-15)8-5-9-21(19)31(28,29)26-22(23,24)25/h2-13,26H,14H2,1H3. The van der Waals surface area contributed by atoms with Gasteiger partial charge in [0.2, 0.25) is 10.0 Å². The predicted molar refractivity (Wildman–Crippen MR) is 109 cm³/mol. The molecule has 1 N–H and O–H groups in total. The zero-order valence-corrected chi connectivity index (χ0v) is 17.1. The normalized spacial score (nSPS) is 11.9. The number of hydrogen-bond donors (Lipinski definition) is 1. The lowest BCUT2D eigenvalue weighted by Gasteiger charge is -2.17. The molecule has 3 rings (SSSR count). The number of benzene rings is 3. The molecule has 0 saturated carbocycles. The minimum Gasteiger partial charge on any atom is -0.497 e. The van der Waals surface area contributed by atoms with Crippen LogP contribution in [0.25, 0.3) is 11.1 Å². The average molecular weight is 449 g/mol. The molecule has 0 radical (unpaired) electrons. The third-order valence-corrected chi connectivity index (χ3v) is 5.97. The fourth-order valence-electron chi connectivity index (χ4n) is 3.13. The van der Waals surface area contributed by atoms with Crippen molar-refractivity contribution in [2.45, 2.75) is 17.6 Å². The van der Waals surface area contributed by atoms with Crippen molar-refractivity contribution in [3.8, 4) is 16.9 Å². The SMILES string of the molecule is COc1ccc(C(=O)Cc2c(-c3ccccc3)cccc2S(=O)(=O)NC(F)(F)F)cc1. The monoisotopic (exact) mass is 449 g/mol. The van der Waals surface area contributed by atoms with Crippen LogP contribution < -0.4 is 9.46 Å². The van der Waals surface area contributed by atoms with Crippen molar-refractivity contribution >= 4 is 15.8 Å². The van der Waals surface area contributed by atoms with E-state index in [1.807, 2.05) is 0 Å². The molecule has 0 unspecified atom stereocenters. The summed E-state index contributed by atoms with van der Waals surface area (Å²) in [4.78, 5) is 12.3. The highest BCUT2D eigenvalue weighted by Gasteiger charge is 2.36. The summed E-state index contributed by atoms with van der Waals surface area (Å²) in [5.74, 6) is 0.0772. The summed E-state index contributed by atoms with van der Waals surface area (Å²) in [6.07, 6.45) is -5.57. The molecule has 0 fully saturated rings. The second-order valence-corrected chi connectivity index (χ2v) is 8.23. The number of ketones is 1. The van der Waals surface area contributed by atoms with Crippen molar-refractivity contribution in [2.75, 3.05) is 7.11 Å². The number of halogens is 3. The number of nitrogens with one attached hydrogen (secondary N) is 1. The van der Waals surface area contributed by atoms with Gasteiger partial charge in [-0.3, -0.25) is 4.79 Å². The van der Waals surface area contributed by atoms with Gasteiger partial charge in [0.05, 0.1) is 12.0 Å². The van der Waals surface area contributed by atoms with E-state index in [1.54, 1.807) is 48.5 Å². The fourth-order valence-corrected chi connectivity index (χ4v) is 4.31. The number of methoxy groups -OCH3 is 1. The van der Waals surface area contributed by atoms with Crippen LogP contribution in [0.1, 0.15) is 15.9 Å². The lowest BCUT2D eigenvalue weighted by atomic mass is 9.94. The maximum atomic E-state index is 12.9. The molecule has 5 nitrogen and oxygen atoms in total. The maximum absolute atomic E-state index is 12.9. The van der Waals surface area contributed by atoms with E-state index in [9.17, 15) is 26.4 Å². The summed E-state index contributed by atoms with van der Waals surface area (Å²) < 4.78 is 69.2. The van der Waals surface area contributed by atoms with Gasteiger partial charge in [-0.1, -0.05) is 42.5 Å². The lowest BCUT2D eigenvalue weighted by Crippen LogP contribution is -2.37. The van der Waals surface area contributed by atoms with Gasteiger partial charge >= 0.3 is 6.30 Å². The topological polar surface area (TPSA) is 72.5 Å². The molecule has 0 amide bonds. The van der Waals surface area contributed by atoms with Crippen molar-refractivity contribution in [3.05, 3.63) is 83.9 Å². The molecule has 0 heterocycles. The van der Waals surface area contributed by atoms with Crippen LogP contribution in [0.5, 0.6) is 5.75 Å². The molecule has 31 heavy (non-hydrogen) atoms. The Kier molecular flexibility index (Phi) is 6.47. The first kappa shape index (κ1) is 22.5. The van der Waals surface area contributed by atoms with Gasteiger partial charge in [0, 0.05) is 12.0 Å². The molecule has 3 aromatic carbocycles. The molecular weight excluding hydrogens is 431 g/mol. The molecule has 0 aliphatic rings. The van der Waals surface area contributed by atoms with E-state index in [0.717, 1.165) is 6.07 Å². The summed E-state index contributed by atoms with van der Waals surface area (Å²) in [5.41, 5.74) is 1.18. The lowest BCUT2D eigenvalue weighted by molar-refractivity contribution is -0.138. The molecular formula is C22H18F3NO4S. The Bertz CT molecular complexity index is 1180. The van der Waals surface area contributed by atoms with Gasteiger partial charge in [-0.15, -0.1) is 4.72 Å². The van der Waals surface area contributed by atoms with Crippen LogP contribution in [0, 0.1) is 0 Å². The highest BCUT2D eigenvalue weighted by Crippen LogP contribution is 2.31. The predicted octanol–water partition coefficient (Wildman–Crippen LogP) is 4.59. The van der Waals surface area contributed by atoms with Crippen LogP contribution in [0.4, 0.5) is 13.2 Å². The molecule has 0 spiro atoms. The quantitative estimate of drug-likeness (QED) is 0.423. The molecule has 0 aromatic heterocycles. The summed E-state index contributed by atoms with van der Waals surface area (Å²) in [6, 6.07) is 18.6. The zero-order chi connectivity index (χ0) is 22.6. The highest BCUT2D eigenvalue weighted by atomic mass is 32.2. The second-order valence-electron chi connectivity index (χ2n) is 6.58. The van der Waals surface area contributed by atoms with Gasteiger partial charge < -0.3 is 4.74 Å². The Morgan fingerprint density at radius 2 is 1.58 bits per heavy atom. The van der Waals surface area contributed by atoms with Crippen LogP contribution >= 0.6 is 0 Å². The van der Waals surface area contributed by atoms with Gasteiger partial charge in [0.15, 0.2) is 5.78 Å². The van der Waals surface area contributed by atoms with Gasteiger partial charge in [-0.2, -0.15) is 13.2 Å². The number of rotatable bonds is 7. The molecule has 3 aromatic rings. The van der Waals surface area contributed by atoms with E-state index in [-0.39, 0.29) is 11.1 Å². The number of Topliss-reactive ketones (excluding diaryl/α,β-unsaturated/α-hetero) is 1. The first-order valence-electron chi connectivity index (χ1n) is 9.06. The number of alkyl halides is 3.